The van der Waals surface area contributed by atoms with Gasteiger partial charge in [-0.3, -0.25) is 4.79 Å². The summed E-state index contributed by atoms with van der Waals surface area (Å²) in [5.74, 6) is 0.443. The van der Waals surface area contributed by atoms with E-state index in [0.29, 0.717) is 12.5 Å². The second kappa shape index (κ2) is 8.22. The van der Waals surface area contributed by atoms with Crippen molar-refractivity contribution in [3.05, 3.63) is 0 Å². The van der Waals surface area contributed by atoms with Crippen molar-refractivity contribution in [1.29, 1.82) is 0 Å². The normalized spacial score (nSPS) is 23.5. The molecule has 2 aliphatic rings. The molecule has 25 heavy (non-hydrogen) atoms. The number of carbonyl (C=O) groups is 1. The number of nitrogens with one attached hydrogen (secondary N) is 1. The lowest BCUT2D eigenvalue weighted by Crippen LogP contribution is -2.38. The monoisotopic (exact) mass is 404 g/mol. The molecule has 1 N–H and O–H groups in total. The Balaban J connectivity index is 1.46. The van der Waals surface area contributed by atoms with Crippen molar-refractivity contribution in [3.8, 4) is 0 Å². The third-order valence-electron chi connectivity index (χ3n) is 4.81. The quantitative estimate of drug-likeness (QED) is 0.725. The van der Waals surface area contributed by atoms with Crippen LogP contribution in [0.4, 0.5) is 5.13 Å². The Hall–Kier alpha value is -0.870. The summed E-state index contributed by atoms with van der Waals surface area (Å²) in [6, 6.07) is 0.285. The van der Waals surface area contributed by atoms with Crippen LogP contribution in [0, 0.1) is 0 Å². The molecule has 0 aromatic carbocycles. The molecule has 2 fully saturated rings. The highest BCUT2D eigenvalue weighted by atomic mass is 32.2. The number of carbonyl (C=O) groups excluding carboxylic acids is 1. The van der Waals surface area contributed by atoms with Gasteiger partial charge in [0.15, 0.2) is 14.2 Å². The summed E-state index contributed by atoms with van der Waals surface area (Å²) in [5.41, 5.74) is 0. The molecule has 1 amide bonds. The average Bonchev–Trinajstić information content (AvgIpc) is 3.19. The first kappa shape index (κ1) is 18.9. The summed E-state index contributed by atoms with van der Waals surface area (Å²) in [5, 5.41) is 12.5. The topological polar surface area (TPSA) is 92.3 Å². The Labute approximate surface area is 156 Å². The van der Waals surface area contributed by atoms with Crippen LogP contribution in [0.5, 0.6) is 0 Å². The summed E-state index contributed by atoms with van der Waals surface area (Å²) < 4.78 is 23.9. The summed E-state index contributed by atoms with van der Waals surface area (Å²) in [6.45, 7) is 0. The molecule has 2 heterocycles. The molecule has 0 bridgehead atoms. The molecule has 0 unspecified atom stereocenters. The molecular weight excluding hydrogens is 380 g/mol. The van der Waals surface area contributed by atoms with E-state index in [9.17, 15) is 13.2 Å². The van der Waals surface area contributed by atoms with E-state index in [0.717, 1.165) is 9.47 Å². The predicted octanol–water partition coefficient (Wildman–Crippen LogP) is 2.02. The number of amides is 1. The number of hydrogen-bond donors (Lipinski definition) is 1. The summed E-state index contributed by atoms with van der Waals surface area (Å²) in [6.07, 6.45) is 6.72. The molecule has 1 atom stereocenters. The number of nitrogens with zero attached hydrogens (tertiary/aromatic N) is 3. The maximum absolute atomic E-state index is 12.3. The number of hydrogen-bond acceptors (Lipinski definition) is 8. The van der Waals surface area contributed by atoms with Gasteiger partial charge in [-0.05, 0) is 19.3 Å². The lowest BCUT2D eigenvalue weighted by atomic mass is 9.96. The largest absolute Gasteiger partial charge is 0.357 e. The maximum atomic E-state index is 12.3. The molecule has 1 aliphatic carbocycles. The van der Waals surface area contributed by atoms with Crippen molar-refractivity contribution in [2.75, 3.05) is 29.6 Å². The van der Waals surface area contributed by atoms with Gasteiger partial charge < -0.3 is 10.2 Å². The van der Waals surface area contributed by atoms with Crippen molar-refractivity contribution in [1.82, 2.24) is 15.1 Å². The zero-order valence-electron chi connectivity index (χ0n) is 14.3. The first-order valence-corrected chi connectivity index (χ1v) is 12.2. The highest BCUT2D eigenvalue weighted by Crippen LogP contribution is 2.28. The summed E-state index contributed by atoms with van der Waals surface area (Å²) in [4.78, 5) is 13.9. The van der Waals surface area contributed by atoms with E-state index in [1.54, 1.807) is 11.9 Å². The zero-order valence-corrected chi connectivity index (χ0v) is 16.8. The van der Waals surface area contributed by atoms with Gasteiger partial charge >= 0.3 is 0 Å². The van der Waals surface area contributed by atoms with E-state index in [1.807, 2.05) is 0 Å². The molecule has 10 heteroatoms. The van der Waals surface area contributed by atoms with Crippen molar-refractivity contribution >= 4 is 44.0 Å². The Morgan fingerprint density at radius 1 is 1.28 bits per heavy atom. The van der Waals surface area contributed by atoms with Crippen molar-refractivity contribution in [3.63, 3.8) is 0 Å². The van der Waals surface area contributed by atoms with Gasteiger partial charge in [0.25, 0.3) is 0 Å². The van der Waals surface area contributed by atoms with Gasteiger partial charge in [0.2, 0.25) is 11.0 Å². The molecule has 0 spiro atoms. The molecular formula is C15H24N4O3S3. The summed E-state index contributed by atoms with van der Waals surface area (Å²) >= 11 is 2.84. The van der Waals surface area contributed by atoms with E-state index in [4.69, 9.17) is 0 Å². The smallest absolute Gasteiger partial charge is 0.233 e. The van der Waals surface area contributed by atoms with Crippen molar-refractivity contribution in [2.24, 2.45) is 0 Å². The first-order chi connectivity index (χ1) is 11.9. The number of aromatic nitrogens is 2. The number of sulfone groups is 1. The Bertz CT molecular complexity index is 701. The molecule has 1 saturated heterocycles. The Morgan fingerprint density at radius 2 is 2.04 bits per heavy atom. The second-order valence-corrected chi connectivity index (χ2v) is 11.1. The van der Waals surface area contributed by atoms with Crippen molar-refractivity contribution < 1.29 is 13.2 Å². The molecule has 1 aromatic heterocycles. The fraction of sp³-hybridized carbons (Fsp3) is 0.800. The molecule has 1 aromatic rings. The molecule has 1 saturated carbocycles. The van der Waals surface area contributed by atoms with E-state index in [-0.39, 0.29) is 29.2 Å². The highest BCUT2D eigenvalue weighted by molar-refractivity contribution is 8.01. The lowest BCUT2D eigenvalue weighted by Gasteiger charge is -2.23. The van der Waals surface area contributed by atoms with Crippen LogP contribution in [0.3, 0.4) is 0 Å². The van der Waals surface area contributed by atoms with Gasteiger partial charge in [0.05, 0.1) is 17.3 Å². The molecule has 1 aliphatic heterocycles. The second-order valence-electron chi connectivity index (χ2n) is 6.70. The number of anilines is 1. The van der Waals surface area contributed by atoms with E-state index >= 15 is 0 Å². The lowest BCUT2D eigenvalue weighted by molar-refractivity contribution is -0.128. The van der Waals surface area contributed by atoms with Crippen LogP contribution in [0.25, 0.3) is 0 Å². The molecule has 0 radical (unpaired) electrons. The Morgan fingerprint density at radius 3 is 2.72 bits per heavy atom. The minimum absolute atomic E-state index is 0.0657. The minimum Gasteiger partial charge on any atom is -0.357 e. The van der Waals surface area contributed by atoms with Crippen molar-refractivity contribution in [2.45, 2.75) is 54.9 Å². The highest BCUT2D eigenvalue weighted by Gasteiger charge is 2.32. The van der Waals surface area contributed by atoms with E-state index < -0.39 is 9.84 Å². The van der Waals surface area contributed by atoms with Gasteiger partial charge in [-0.2, -0.15) is 0 Å². The fourth-order valence-electron chi connectivity index (χ4n) is 3.26. The van der Waals surface area contributed by atoms with Gasteiger partial charge in [-0.15, -0.1) is 10.2 Å². The zero-order chi connectivity index (χ0) is 17.9. The third-order valence-corrected chi connectivity index (χ3v) is 8.53. The van der Waals surface area contributed by atoms with Gasteiger partial charge in [0.1, 0.15) is 0 Å². The van der Waals surface area contributed by atoms with Crippen LogP contribution in [0.2, 0.25) is 0 Å². The average molecular weight is 405 g/mol. The minimum atomic E-state index is -2.98. The Kier molecular flexibility index (Phi) is 6.21. The maximum Gasteiger partial charge on any atom is 0.233 e. The van der Waals surface area contributed by atoms with E-state index in [1.165, 1.54) is 55.2 Å². The number of thioether (sulfide) groups is 1. The predicted molar refractivity (Wildman–Crippen MR) is 101 cm³/mol. The summed E-state index contributed by atoms with van der Waals surface area (Å²) in [7, 11) is -1.30. The third kappa shape index (κ3) is 5.30. The van der Waals surface area contributed by atoms with Gasteiger partial charge in [-0.25, -0.2) is 8.42 Å². The molecule has 7 nitrogen and oxygen atoms in total. The van der Waals surface area contributed by atoms with Crippen LogP contribution in [0.1, 0.15) is 38.5 Å². The van der Waals surface area contributed by atoms with Gasteiger partial charge in [-0.1, -0.05) is 42.4 Å². The fourth-order valence-corrected chi connectivity index (χ4v) is 6.78. The molecule has 3 rings (SSSR count). The van der Waals surface area contributed by atoms with Crippen LogP contribution in [-0.4, -0.2) is 65.8 Å². The number of rotatable bonds is 6. The standard InChI is InChI=1S/C15H24N4O3S3/c1-19(12-7-8-25(21,22)10-12)13(20)9-23-15-18-17-14(24-15)16-11-5-3-2-4-6-11/h11-12H,2-10H2,1H3,(H,16,17)/t12-/m1/s1. The van der Waals surface area contributed by atoms with Crippen LogP contribution in [0.15, 0.2) is 4.34 Å². The van der Waals surface area contributed by atoms with Gasteiger partial charge in [0, 0.05) is 19.1 Å². The molecule has 140 valence electrons. The SMILES string of the molecule is CN(C(=O)CSc1nnc(NC2CCCCC2)s1)[C@@H]1CCS(=O)(=O)C1. The van der Waals surface area contributed by atoms with Crippen LogP contribution >= 0.6 is 23.1 Å². The van der Waals surface area contributed by atoms with E-state index in [2.05, 4.69) is 15.5 Å². The first-order valence-electron chi connectivity index (χ1n) is 8.62. The van der Waals surface area contributed by atoms with Crippen LogP contribution < -0.4 is 5.32 Å². The van der Waals surface area contributed by atoms with Crippen LogP contribution in [-0.2, 0) is 14.6 Å².